The molecule has 0 spiro atoms. The number of urea groups is 1. The van der Waals surface area contributed by atoms with Crippen molar-refractivity contribution in [2.75, 3.05) is 39.3 Å². The zero-order valence-corrected chi connectivity index (χ0v) is 14.3. The van der Waals surface area contributed by atoms with Crippen LogP contribution in [0.2, 0.25) is 0 Å². The summed E-state index contributed by atoms with van der Waals surface area (Å²) in [6.45, 7) is 8.73. The molecule has 0 aliphatic carbocycles. The summed E-state index contributed by atoms with van der Waals surface area (Å²) >= 11 is 0. The number of amides is 2. The first-order chi connectivity index (χ1) is 11.5. The summed E-state index contributed by atoms with van der Waals surface area (Å²) < 4.78 is 1.32. The molecule has 0 unspecified atom stereocenters. The Hall–Kier alpha value is -2.49. The van der Waals surface area contributed by atoms with Crippen LogP contribution in [0.5, 0.6) is 0 Å². The third kappa shape index (κ3) is 3.88. The van der Waals surface area contributed by atoms with Crippen LogP contribution in [0.15, 0.2) is 11.3 Å². The highest BCUT2D eigenvalue weighted by Crippen LogP contribution is 2.12. The van der Waals surface area contributed by atoms with E-state index in [1.54, 1.807) is 4.90 Å². The number of nitro groups is 1. The van der Waals surface area contributed by atoms with Crippen molar-refractivity contribution in [2.45, 2.75) is 13.8 Å². The van der Waals surface area contributed by atoms with Crippen molar-refractivity contribution in [2.24, 2.45) is 12.1 Å². The smallest absolute Gasteiger partial charge is 0.342 e. The van der Waals surface area contributed by atoms with Crippen LogP contribution in [0.4, 0.5) is 10.6 Å². The van der Waals surface area contributed by atoms with Crippen molar-refractivity contribution in [1.29, 1.82) is 0 Å². The van der Waals surface area contributed by atoms with Gasteiger partial charge in [-0.3, -0.25) is 0 Å². The average molecular weight is 337 g/mol. The van der Waals surface area contributed by atoms with Crippen LogP contribution in [-0.2, 0) is 7.05 Å². The van der Waals surface area contributed by atoms with Gasteiger partial charge in [0.25, 0.3) is 0 Å². The lowest BCUT2D eigenvalue weighted by atomic mass is 10.4. The van der Waals surface area contributed by atoms with Crippen molar-refractivity contribution >= 4 is 18.1 Å². The van der Waals surface area contributed by atoms with Crippen molar-refractivity contribution in [3.8, 4) is 0 Å². The van der Waals surface area contributed by atoms with Gasteiger partial charge in [0, 0.05) is 19.6 Å². The van der Waals surface area contributed by atoms with Gasteiger partial charge in [0.2, 0.25) is 5.82 Å². The minimum atomic E-state index is -0.514. The van der Waals surface area contributed by atoms with E-state index in [2.05, 4.69) is 28.8 Å². The summed E-state index contributed by atoms with van der Waals surface area (Å²) in [6, 6.07) is -0.151. The average Bonchev–Trinajstić information content (AvgIpc) is 3.10. The number of aromatic nitrogens is 2. The number of likely N-dealkylation sites (N-methyl/N-ethyl adjacent to an activating group) is 1. The monoisotopic (exact) mass is 337 g/mol. The fourth-order valence-electron chi connectivity index (χ4n) is 2.51. The Bertz CT molecular complexity index is 624. The van der Waals surface area contributed by atoms with Crippen LogP contribution in [0, 0.1) is 10.1 Å². The Morgan fingerprint density at radius 2 is 2.12 bits per heavy atom. The maximum Gasteiger partial charge on any atom is 0.342 e. The summed E-state index contributed by atoms with van der Waals surface area (Å²) in [5, 5.41) is 16.3. The molecule has 1 aliphatic rings. The van der Waals surface area contributed by atoms with Crippen molar-refractivity contribution < 1.29 is 9.72 Å². The molecule has 0 bridgehead atoms. The van der Waals surface area contributed by atoms with Gasteiger partial charge in [-0.2, -0.15) is 5.10 Å². The van der Waals surface area contributed by atoms with E-state index in [0.717, 1.165) is 19.6 Å². The number of carbonyl (C=O) groups excluding carboxylic acids is 1. The molecule has 10 heteroatoms. The molecule has 2 amide bonds. The molecule has 0 N–H and O–H groups in total. The maximum atomic E-state index is 12.3. The molecule has 0 aromatic carbocycles. The molecule has 0 saturated carbocycles. The van der Waals surface area contributed by atoms with Crippen molar-refractivity contribution in [3.63, 3.8) is 0 Å². The minimum absolute atomic E-state index is 0.120. The molecule has 24 heavy (non-hydrogen) atoms. The van der Waals surface area contributed by atoms with Crippen LogP contribution in [-0.4, -0.2) is 80.8 Å². The molecule has 1 fully saturated rings. The Balaban J connectivity index is 1.94. The van der Waals surface area contributed by atoms with Gasteiger partial charge in [-0.15, -0.1) is 0 Å². The van der Waals surface area contributed by atoms with Crippen LogP contribution < -0.4 is 0 Å². The highest BCUT2D eigenvalue weighted by Gasteiger charge is 2.28. The second-order valence-corrected chi connectivity index (χ2v) is 5.45. The summed E-state index contributed by atoms with van der Waals surface area (Å²) in [4.78, 5) is 30.5. The van der Waals surface area contributed by atoms with Crippen LogP contribution >= 0.6 is 0 Å². The van der Waals surface area contributed by atoms with Gasteiger partial charge in [0.15, 0.2) is 0 Å². The second kappa shape index (κ2) is 7.86. The zero-order chi connectivity index (χ0) is 17.7. The predicted molar refractivity (Wildman–Crippen MR) is 88.9 cm³/mol. The maximum absolute atomic E-state index is 12.3. The number of hydrazone groups is 1. The van der Waals surface area contributed by atoms with E-state index in [4.69, 9.17) is 0 Å². The molecule has 1 saturated heterocycles. The first kappa shape index (κ1) is 17.9. The fourth-order valence-corrected chi connectivity index (χ4v) is 2.51. The molecule has 1 aromatic rings. The highest BCUT2D eigenvalue weighted by atomic mass is 16.6. The number of rotatable bonds is 8. The molecule has 132 valence electrons. The predicted octanol–water partition coefficient (Wildman–Crippen LogP) is 0.742. The van der Waals surface area contributed by atoms with Gasteiger partial charge in [0.1, 0.15) is 12.4 Å². The standard InChI is InChI=1S/C14H23N7O3/c1-4-18(5-2)6-7-19-8-9-20(14(19)22)16-10-12-15-11-13(17(12)3)21(23)24/h10-11H,4-9H2,1-3H3/b16-10+. The fraction of sp³-hybridized carbons (Fsp3) is 0.643. The number of hydrogen-bond donors (Lipinski definition) is 0. The Kier molecular flexibility index (Phi) is 5.85. The van der Waals surface area contributed by atoms with Gasteiger partial charge < -0.3 is 19.9 Å². The molecule has 1 aliphatic heterocycles. The van der Waals surface area contributed by atoms with E-state index in [0.29, 0.717) is 25.5 Å². The second-order valence-electron chi connectivity index (χ2n) is 5.45. The van der Waals surface area contributed by atoms with Gasteiger partial charge in [-0.25, -0.2) is 19.4 Å². The largest absolute Gasteiger partial charge is 0.358 e. The van der Waals surface area contributed by atoms with E-state index >= 15 is 0 Å². The molecule has 2 rings (SSSR count). The third-order valence-electron chi connectivity index (χ3n) is 4.15. The first-order valence-electron chi connectivity index (χ1n) is 7.96. The minimum Gasteiger partial charge on any atom is -0.358 e. The molecule has 0 atom stereocenters. The lowest BCUT2D eigenvalue weighted by Crippen LogP contribution is -2.37. The number of hydrogen-bond acceptors (Lipinski definition) is 6. The lowest BCUT2D eigenvalue weighted by Gasteiger charge is -2.22. The van der Waals surface area contributed by atoms with E-state index in [1.165, 1.54) is 29.0 Å². The van der Waals surface area contributed by atoms with E-state index in [-0.39, 0.29) is 11.8 Å². The van der Waals surface area contributed by atoms with Gasteiger partial charge in [-0.05, 0) is 18.0 Å². The summed E-state index contributed by atoms with van der Waals surface area (Å²) in [5.41, 5.74) is 0. The summed E-state index contributed by atoms with van der Waals surface area (Å²) in [6.07, 6.45) is 2.54. The van der Waals surface area contributed by atoms with Crippen LogP contribution in [0.3, 0.4) is 0 Å². The number of nitrogens with zero attached hydrogens (tertiary/aromatic N) is 7. The Morgan fingerprint density at radius 3 is 2.71 bits per heavy atom. The van der Waals surface area contributed by atoms with Crippen molar-refractivity contribution in [3.05, 3.63) is 22.1 Å². The van der Waals surface area contributed by atoms with E-state index in [9.17, 15) is 14.9 Å². The molecular formula is C14H23N7O3. The van der Waals surface area contributed by atoms with Gasteiger partial charge >= 0.3 is 11.8 Å². The lowest BCUT2D eigenvalue weighted by molar-refractivity contribution is -0.391. The van der Waals surface area contributed by atoms with Crippen LogP contribution in [0.1, 0.15) is 19.7 Å². The molecule has 2 heterocycles. The summed E-state index contributed by atoms with van der Waals surface area (Å²) in [5.74, 6) is 0.209. The van der Waals surface area contributed by atoms with E-state index < -0.39 is 4.92 Å². The van der Waals surface area contributed by atoms with Crippen molar-refractivity contribution in [1.82, 2.24) is 24.4 Å². The van der Waals surface area contributed by atoms with E-state index in [1.807, 2.05) is 0 Å². The van der Waals surface area contributed by atoms with Gasteiger partial charge in [-0.1, -0.05) is 13.8 Å². The molecule has 10 nitrogen and oxygen atoms in total. The highest BCUT2D eigenvalue weighted by molar-refractivity contribution is 5.80. The molecule has 0 radical (unpaired) electrons. The molecular weight excluding hydrogens is 314 g/mol. The quantitative estimate of drug-likeness (QED) is 0.396. The topological polar surface area (TPSA) is 100 Å². The Morgan fingerprint density at radius 1 is 1.42 bits per heavy atom. The zero-order valence-electron chi connectivity index (χ0n) is 14.3. The summed E-state index contributed by atoms with van der Waals surface area (Å²) in [7, 11) is 1.54. The first-order valence-corrected chi connectivity index (χ1v) is 7.96. The van der Waals surface area contributed by atoms with Crippen LogP contribution in [0.25, 0.3) is 0 Å². The number of imidazole rings is 1. The SMILES string of the molecule is CCN(CC)CCN1CCN(/N=C/c2ncc([N+](=O)[O-])n2C)C1=O. The Labute approximate surface area is 140 Å². The third-order valence-corrected chi connectivity index (χ3v) is 4.15. The molecule has 1 aromatic heterocycles. The van der Waals surface area contributed by atoms with Gasteiger partial charge in [0.05, 0.1) is 13.6 Å². The normalized spacial score (nSPS) is 15.2. The number of carbonyl (C=O) groups is 1.